The molecule has 0 aliphatic rings. The molecular formula is C14H10F3N3O. The van der Waals surface area contributed by atoms with Gasteiger partial charge < -0.3 is 9.30 Å². The fraction of sp³-hybridized carbons (Fsp3) is 0.143. The number of nitrogens with zero attached hydrogens (tertiary/aromatic N) is 3. The number of aromatic nitrogens is 3. The largest absolute Gasteiger partial charge is 0.435 e. The third-order valence-electron chi connectivity index (χ3n) is 3.09. The summed E-state index contributed by atoms with van der Waals surface area (Å²) in [6, 6.07) is 5.27. The smallest absolute Gasteiger partial charge is 0.387 e. The van der Waals surface area contributed by atoms with Gasteiger partial charge in [0.2, 0.25) is 0 Å². The van der Waals surface area contributed by atoms with Gasteiger partial charge in [-0.3, -0.25) is 4.98 Å². The van der Waals surface area contributed by atoms with Crippen molar-refractivity contribution in [1.82, 2.24) is 14.5 Å². The summed E-state index contributed by atoms with van der Waals surface area (Å²) in [6.07, 6.45) is 3.22. The van der Waals surface area contributed by atoms with Gasteiger partial charge in [-0.1, -0.05) is 0 Å². The van der Waals surface area contributed by atoms with Crippen molar-refractivity contribution in [1.29, 1.82) is 0 Å². The minimum atomic E-state index is -2.99. The van der Waals surface area contributed by atoms with Crippen molar-refractivity contribution in [2.45, 2.75) is 6.61 Å². The Balaban J connectivity index is 2.08. The van der Waals surface area contributed by atoms with Gasteiger partial charge in [-0.15, -0.1) is 0 Å². The Kier molecular flexibility index (Phi) is 3.25. The highest BCUT2D eigenvalue weighted by Crippen LogP contribution is 2.28. The van der Waals surface area contributed by atoms with Crippen LogP contribution in [0.3, 0.4) is 0 Å². The lowest BCUT2D eigenvalue weighted by molar-refractivity contribution is -0.0499. The van der Waals surface area contributed by atoms with Gasteiger partial charge >= 0.3 is 6.61 Å². The van der Waals surface area contributed by atoms with Crippen molar-refractivity contribution in [2.24, 2.45) is 7.05 Å². The molecule has 0 bridgehead atoms. The van der Waals surface area contributed by atoms with E-state index in [4.69, 9.17) is 0 Å². The zero-order valence-electron chi connectivity index (χ0n) is 10.9. The monoisotopic (exact) mass is 293 g/mol. The summed E-state index contributed by atoms with van der Waals surface area (Å²) < 4.78 is 44.2. The normalized spacial score (nSPS) is 11.3. The Hall–Kier alpha value is -2.57. The second kappa shape index (κ2) is 5.08. The number of halogens is 3. The van der Waals surface area contributed by atoms with Crippen LogP contribution in [-0.4, -0.2) is 21.1 Å². The Bertz CT molecular complexity index is 801. The topological polar surface area (TPSA) is 39.9 Å². The first-order valence-electron chi connectivity index (χ1n) is 6.07. The van der Waals surface area contributed by atoms with E-state index in [1.807, 2.05) is 0 Å². The Morgan fingerprint density at radius 1 is 1.24 bits per heavy atom. The van der Waals surface area contributed by atoms with Crippen LogP contribution >= 0.6 is 0 Å². The summed E-state index contributed by atoms with van der Waals surface area (Å²) in [5, 5.41) is 0. The molecular weight excluding hydrogens is 283 g/mol. The molecule has 1 aromatic carbocycles. The first-order chi connectivity index (χ1) is 10.1. The number of hydrogen-bond acceptors (Lipinski definition) is 3. The predicted octanol–water partition coefficient (Wildman–Crippen LogP) is 3.38. The van der Waals surface area contributed by atoms with Crippen LogP contribution in [0.4, 0.5) is 13.2 Å². The third kappa shape index (κ3) is 2.42. The van der Waals surface area contributed by atoms with Crippen molar-refractivity contribution in [3.8, 4) is 17.1 Å². The lowest BCUT2D eigenvalue weighted by Gasteiger charge is -2.07. The van der Waals surface area contributed by atoms with E-state index in [9.17, 15) is 13.2 Å². The van der Waals surface area contributed by atoms with Gasteiger partial charge in [-0.05, 0) is 18.2 Å². The highest BCUT2D eigenvalue weighted by atomic mass is 19.3. The standard InChI is InChI=1S/C14H10F3N3O/c1-20-12-7-18-5-4-11(12)19-13(20)9-3-2-8(6-10(9)15)21-14(16)17/h2-7,14H,1H3. The van der Waals surface area contributed by atoms with Gasteiger partial charge in [0, 0.05) is 19.3 Å². The summed E-state index contributed by atoms with van der Waals surface area (Å²) in [6.45, 7) is -2.99. The van der Waals surface area contributed by atoms with Crippen molar-refractivity contribution in [2.75, 3.05) is 0 Å². The van der Waals surface area contributed by atoms with Gasteiger partial charge in [0.1, 0.15) is 17.4 Å². The molecule has 21 heavy (non-hydrogen) atoms. The molecule has 0 fully saturated rings. The molecule has 0 radical (unpaired) electrons. The van der Waals surface area contributed by atoms with E-state index in [1.54, 1.807) is 30.1 Å². The number of fused-ring (bicyclic) bond motifs is 1. The molecule has 0 unspecified atom stereocenters. The number of benzene rings is 1. The summed E-state index contributed by atoms with van der Waals surface area (Å²) in [5.74, 6) is -0.523. The van der Waals surface area contributed by atoms with E-state index in [0.29, 0.717) is 11.3 Å². The van der Waals surface area contributed by atoms with Crippen LogP contribution in [0.2, 0.25) is 0 Å². The second-order valence-electron chi connectivity index (χ2n) is 4.38. The van der Waals surface area contributed by atoms with E-state index >= 15 is 0 Å². The van der Waals surface area contributed by atoms with Crippen molar-refractivity contribution in [3.05, 3.63) is 42.5 Å². The van der Waals surface area contributed by atoms with Crippen LogP contribution in [0.15, 0.2) is 36.7 Å². The number of ether oxygens (including phenoxy) is 1. The molecule has 0 amide bonds. The molecule has 2 heterocycles. The van der Waals surface area contributed by atoms with Crippen LogP contribution in [0, 0.1) is 5.82 Å². The number of alkyl halides is 2. The van der Waals surface area contributed by atoms with Crippen LogP contribution in [0.25, 0.3) is 22.4 Å². The van der Waals surface area contributed by atoms with Crippen molar-refractivity contribution < 1.29 is 17.9 Å². The molecule has 4 nitrogen and oxygen atoms in total. The first kappa shape index (κ1) is 13.4. The van der Waals surface area contributed by atoms with Gasteiger partial charge in [0.05, 0.1) is 22.8 Å². The van der Waals surface area contributed by atoms with Crippen molar-refractivity contribution >= 4 is 11.0 Å². The maximum atomic E-state index is 14.1. The number of imidazole rings is 1. The minimum Gasteiger partial charge on any atom is -0.435 e. The average Bonchev–Trinajstić information content (AvgIpc) is 2.76. The van der Waals surface area contributed by atoms with E-state index in [-0.39, 0.29) is 11.3 Å². The molecule has 7 heteroatoms. The molecule has 0 saturated carbocycles. The molecule has 0 spiro atoms. The Morgan fingerprint density at radius 2 is 2.05 bits per heavy atom. The Morgan fingerprint density at radius 3 is 2.71 bits per heavy atom. The van der Waals surface area contributed by atoms with E-state index in [0.717, 1.165) is 11.6 Å². The molecule has 3 aromatic rings. The number of hydrogen-bond donors (Lipinski definition) is 0. The number of rotatable bonds is 3. The summed E-state index contributed by atoms with van der Waals surface area (Å²) in [4.78, 5) is 8.32. The molecule has 3 rings (SSSR count). The first-order valence-corrected chi connectivity index (χ1v) is 6.07. The summed E-state index contributed by atoms with van der Waals surface area (Å²) in [7, 11) is 1.73. The maximum absolute atomic E-state index is 14.1. The van der Waals surface area contributed by atoms with Gasteiger partial charge in [0.15, 0.2) is 0 Å². The predicted molar refractivity (Wildman–Crippen MR) is 70.5 cm³/mol. The SMILES string of the molecule is Cn1c(-c2ccc(OC(F)F)cc2F)nc2ccncc21. The van der Waals surface area contributed by atoms with Gasteiger partial charge in [-0.25, -0.2) is 9.37 Å². The van der Waals surface area contributed by atoms with Crippen LogP contribution in [0.1, 0.15) is 0 Å². The molecule has 0 aliphatic carbocycles. The van der Waals surface area contributed by atoms with Gasteiger partial charge in [-0.2, -0.15) is 8.78 Å². The van der Waals surface area contributed by atoms with E-state index < -0.39 is 12.4 Å². The Labute approximate surface area is 117 Å². The van der Waals surface area contributed by atoms with Crippen LogP contribution in [-0.2, 0) is 7.05 Å². The fourth-order valence-electron chi connectivity index (χ4n) is 2.13. The minimum absolute atomic E-state index is 0.204. The maximum Gasteiger partial charge on any atom is 0.387 e. The molecule has 0 N–H and O–H groups in total. The molecule has 108 valence electrons. The third-order valence-corrected chi connectivity index (χ3v) is 3.09. The summed E-state index contributed by atoms with van der Waals surface area (Å²) in [5.41, 5.74) is 1.63. The van der Waals surface area contributed by atoms with Crippen LogP contribution < -0.4 is 4.74 Å². The number of aryl methyl sites for hydroxylation is 1. The zero-order chi connectivity index (χ0) is 15.0. The van der Waals surface area contributed by atoms with Crippen LogP contribution in [0.5, 0.6) is 5.75 Å². The highest BCUT2D eigenvalue weighted by Gasteiger charge is 2.15. The summed E-state index contributed by atoms with van der Waals surface area (Å²) >= 11 is 0. The van der Waals surface area contributed by atoms with E-state index in [2.05, 4.69) is 14.7 Å². The second-order valence-corrected chi connectivity index (χ2v) is 4.38. The quantitative estimate of drug-likeness (QED) is 0.743. The van der Waals surface area contributed by atoms with Gasteiger partial charge in [0.25, 0.3) is 0 Å². The highest BCUT2D eigenvalue weighted by molar-refractivity contribution is 5.79. The lowest BCUT2D eigenvalue weighted by atomic mass is 10.2. The zero-order valence-corrected chi connectivity index (χ0v) is 10.9. The molecule has 2 aromatic heterocycles. The lowest BCUT2D eigenvalue weighted by Crippen LogP contribution is -2.02. The van der Waals surface area contributed by atoms with Crippen molar-refractivity contribution in [3.63, 3.8) is 0 Å². The molecule has 0 aliphatic heterocycles. The molecule has 0 saturated heterocycles. The fourth-order valence-corrected chi connectivity index (χ4v) is 2.13. The average molecular weight is 293 g/mol. The molecule has 0 atom stereocenters. The number of pyridine rings is 1. The van der Waals surface area contributed by atoms with E-state index in [1.165, 1.54) is 12.1 Å².